The van der Waals surface area contributed by atoms with Gasteiger partial charge in [0, 0.05) is 16.6 Å². The summed E-state index contributed by atoms with van der Waals surface area (Å²) < 4.78 is 34.0. The molecule has 4 aromatic rings. The average molecular weight is 588 g/mol. The Kier molecular flexibility index (Phi) is 10.5. The van der Waals surface area contributed by atoms with Gasteiger partial charge in [-0.1, -0.05) is 12.1 Å². The van der Waals surface area contributed by atoms with Crippen molar-refractivity contribution in [1.29, 1.82) is 0 Å². The molecule has 12 heteroatoms. The number of methoxy groups -OCH3 is 6. The van der Waals surface area contributed by atoms with Crippen molar-refractivity contribution in [2.45, 2.75) is 6.42 Å². The standard InChI is InChI=1S/C30H29NO10.Na.H/c1-36-21-14-19-20(15-22(21)37-2)29(34)31(18-9-7-16(8-10-18)11-25(32)33)27(30(35)41-6)26(19)17-12-23(38-3)28(40-5)24(13-17)39-4;;/h7-10,12-15H,11H2,1-6H3,(H,32,33);;. The number of carbonyl (C=O) groups excluding carboxylic acids is 1. The van der Waals surface area contributed by atoms with Crippen LogP contribution < -0.4 is 29.2 Å². The normalized spacial score (nSPS) is 10.4. The predicted molar refractivity (Wildman–Crippen MR) is 158 cm³/mol. The molecule has 0 atom stereocenters. The van der Waals surface area contributed by atoms with Crippen LogP contribution in [0.3, 0.4) is 0 Å². The van der Waals surface area contributed by atoms with Crippen molar-refractivity contribution in [3.8, 4) is 45.6 Å². The van der Waals surface area contributed by atoms with E-state index in [1.807, 2.05) is 0 Å². The van der Waals surface area contributed by atoms with Crippen LogP contribution in [0.2, 0.25) is 0 Å². The van der Waals surface area contributed by atoms with Crippen molar-refractivity contribution in [1.82, 2.24) is 4.57 Å². The molecular formula is C30H30NNaO10. The van der Waals surface area contributed by atoms with E-state index in [0.29, 0.717) is 56.5 Å². The summed E-state index contributed by atoms with van der Waals surface area (Å²) in [7, 11) is 8.53. The van der Waals surface area contributed by atoms with Crippen LogP contribution in [-0.4, -0.2) is 93.8 Å². The van der Waals surface area contributed by atoms with E-state index in [0.717, 1.165) is 0 Å². The first kappa shape index (κ1) is 32.3. The molecule has 0 spiro atoms. The van der Waals surface area contributed by atoms with Gasteiger partial charge in [-0.25, -0.2) is 4.79 Å². The Morgan fingerprint density at radius 2 is 1.26 bits per heavy atom. The monoisotopic (exact) mass is 587 g/mol. The summed E-state index contributed by atoms with van der Waals surface area (Å²) in [5.74, 6) is -0.172. The molecule has 0 radical (unpaired) electrons. The van der Waals surface area contributed by atoms with E-state index in [1.165, 1.54) is 53.3 Å². The number of pyridine rings is 1. The van der Waals surface area contributed by atoms with E-state index in [2.05, 4.69) is 0 Å². The van der Waals surface area contributed by atoms with Crippen LogP contribution in [0.15, 0.2) is 53.3 Å². The molecule has 0 aliphatic rings. The first-order valence-electron chi connectivity index (χ1n) is 12.3. The van der Waals surface area contributed by atoms with E-state index >= 15 is 0 Å². The van der Waals surface area contributed by atoms with Crippen molar-refractivity contribution in [3.63, 3.8) is 0 Å². The minimum absolute atomic E-state index is 0. The van der Waals surface area contributed by atoms with Crippen molar-refractivity contribution in [2.75, 3.05) is 42.7 Å². The van der Waals surface area contributed by atoms with E-state index in [9.17, 15) is 19.5 Å². The topological polar surface area (TPSA) is 132 Å². The number of aromatic nitrogens is 1. The van der Waals surface area contributed by atoms with Crippen LogP contribution in [0.1, 0.15) is 16.1 Å². The second-order valence-electron chi connectivity index (χ2n) is 8.76. The van der Waals surface area contributed by atoms with Gasteiger partial charge < -0.3 is 33.5 Å². The number of fused-ring (bicyclic) bond motifs is 1. The van der Waals surface area contributed by atoms with Gasteiger partial charge in [-0.2, -0.15) is 0 Å². The number of benzene rings is 3. The Bertz CT molecular complexity index is 1670. The fourth-order valence-electron chi connectivity index (χ4n) is 4.72. The zero-order valence-corrected chi connectivity index (χ0v) is 23.4. The van der Waals surface area contributed by atoms with Crippen LogP contribution in [0.25, 0.3) is 27.6 Å². The third-order valence-corrected chi connectivity index (χ3v) is 6.57. The van der Waals surface area contributed by atoms with Crippen molar-refractivity contribution >= 4 is 52.3 Å². The molecule has 4 rings (SSSR count). The molecule has 42 heavy (non-hydrogen) atoms. The Morgan fingerprint density at radius 3 is 1.71 bits per heavy atom. The Hall–Kier alpha value is -4.19. The Morgan fingerprint density at radius 1 is 0.738 bits per heavy atom. The van der Waals surface area contributed by atoms with Gasteiger partial charge in [0.05, 0.1) is 54.5 Å². The molecule has 0 saturated carbocycles. The molecule has 0 saturated heterocycles. The van der Waals surface area contributed by atoms with Gasteiger partial charge in [0.25, 0.3) is 5.56 Å². The Labute approximate surface area is 263 Å². The number of ether oxygens (including phenoxy) is 6. The number of aliphatic carboxylic acids is 1. The molecule has 0 bridgehead atoms. The molecule has 0 amide bonds. The van der Waals surface area contributed by atoms with Crippen LogP contribution in [0, 0.1) is 0 Å². The van der Waals surface area contributed by atoms with Crippen LogP contribution >= 0.6 is 0 Å². The van der Waals surface area contributed by atoms with E-state index in [4.69, 9.17) is 28.4 Å². The SMILES string of the molecule is COC(=O)c1c(-c2cc(OC)c(OC)c(OC)c2)c2cc(OC)c(OC)cc2c(=O)n1-c1ccc(CC(=O)O)cc1.[NaH]. The van der Waals surface area contributed by atoms with Crippen LogP contribution in [0.4, 0.5) is 0 Å². The first-order valence-corrected chi connectivity index (χ1v) is 12.3. The quantitative estimate of drug-likeness (QED) is 0.217. The number of rotatable bonds is 10. The molecule has 1 N–H and O–H groups in total. The van der Waals surface area contributed by atoms with Gasteiger partial charge in [0.1, 0.15) is 5.69 Å². The molecule has 11 nitrogen and oxygen atoms in total. The van der Waals surface area contributed by atoms with Gasteiger partial charge in [0.15, 0.2) is 23.0 Å². The van der Waals surface area contributed by atoms with Crippen LogP contribution in [0.5, 0.6) is 28.7 Å². The van der Waals surface area contributed by atoms with Crippen molar-refractivity contribution in [3.05, 3.63) is 70.1 Å². The maximum absolute atomic E-state index is 14.1. The number of carbonyl (C=O) groups is 2. The summed E-state index contributed by atoms with van der Waals surface area (Å²) in [5.41, 5.74) is 0.983. The van der Waals surface area contributed by atoms with E-state index < -0.39 is 17.5 Å². The zero-order valence-electron chi connectivity index (χ0n) is 23.4. The number of hydrogen-bond acceptors (Lipinski definition) is 9. The summed E-state index contributed by atoms with van der Waals surface area (Å²) in [6, 6.07) is 12.8. The molecule has 0 unspecified atom stereocenters. The molecule has 216 valence electrons. The number of carboxylic acid groups (broad SMARTS) is 1. The summed E-state index contributed by atoms with van der Waals surface area (Å²) in [6.45, 7) is 0. The number of esters is 1. The Balaban J connectivity index is 0.00000484. The second-order valence-corrected chi connectivity index (χ2v) is 8.76. The summed E-state index contributed by atoms with van der Waals surface area (Å²) in [6.07, 6.45) is -0.204. The minimum atomic E-state index is -0.999. The summed E-state index contributed by atoms with van der Waals surface area (Å²) in [5, 5.41) is 9.77. The molecule has 0 fully saturated rings. The average Bonchev–Trinajstić information content (AvgIpc) is 2.99. The number of nitrogens with zero attached hydrogens (tertiary/aromatic N) is 1. The maximum atomic E-state index is 14.1. The van der Waals surface area contributed by atoms with Gasteiger partial charge in [-0.05, 0) is 47.5 Å². The molecule has 3 aromatic carbocycles. The van der Waals surface area contributed by atoms with E-state index in [-0.39, 0.29) is 47.1 Å². The third-order valence-electron chi connectivity index (χ3n) is 6.57. The van der Waals surface area contributed by atoms with E-state index in [1.54, 1.807) is 42.5 Å². The second kappa shape index (κ2) is 13.6. The van der Waals surface area contributed by atoms with Gasteiger partial charge in [-0.3, -0.25) is 14.2 Å². The number of carboxylic acids is 1. The fourth-order valence-corrected chi connectivity index (χ4v) is 4.72. The van der Waals surface area contributed by atoms with Gasteiger partial charge >= 0.3 is 41.5 Å². The van der Waals surface area contributed by atoms with Gasteiger partial charge in [0.2, 0.25) is 5.75 Å². The predicted octanol–water partition coefficient (Wildman–Crippen LogP) is 3.47. The molecule has 1 heterocycles. The zero-order chi connectivity index (χ0) is 29.8. The molecule has 1 aromatic heterocycles. The van der Waals surface area contributed by atoms with Crippen molar-refractivity contribution in [2.24, 2.45) is 0 Å². The third kappa shape index (κ3) is 5.89. The molecule has 0 aliphatic heterocycles. The van der Waals surface area contributed by atoms with Gasteiger partial charge in [-0.15, -0.1) is 0 Å². The molecule has 0 aliphatic carbocycles. The molecular weight excluding hydrogens is 557 g/mol. The first-order chi connectivity index (χ1) is 19.7. The number of hydrogen-bond donors (Lipinski definition) is 1. The summed E-state index contributed by atoms with van der Waals surface area (Å²) >= 11 is 0. The summed E-state index contributed by atoms with van der Waals surface area (Å²) in [4.78, 5) is 38.8. The fraction of sp³-hybridized carbons (Fsp3) is 0.233. The van der Waals surface area contributed by atoms with Crippen LogP contribution in [-0.2, 0) is 16.0 Å². The van der Waals surface area contributed by atoms with Crippen molar-refractivity contribution < 1.29 is 43.1 Å².